The molecule has 0 atom stereocenters. The largest absolute Gasteiger partial charge is 0.490 e. The van der Waals surface area contributed by atoms with Crippen molar-refractivity contribution in [2.75, 3.05) is 6.61 Å². The van der Waals surface area contributed by atoms with Crippen LogP contribution in [0.4, 0.5) is 0 Å². The summed E-state index contributed by atoms with van der Waals surface area (Å²) in [5, 5.41) is 2.86. The molecule has 0 fully saturated rings. The van der Waals surface area contributed by atoms with Crippen LogP contribution >= 0.6 is 0 Å². The molecule has 122 valence electrons. The second-order valence-electron chi connectivity index (χ2n) is 5.37. The highest BCUT2D eigenvalue weighted by Gasteiger charge is 2.12. The topological polar surface area (TPSA) is 60.5 Å². The fraction of sp³-hybridized carbons (Fsp3) is 0.333. The molecule has 5 nitrogen and oxygen atoms in total. The Morgan fingerprint density at radius 1 is 1.13 bits per heavy atom. The molecule has 0 radical (unpaired) electrons. The molecule has 2 aromatic rings. The molecule has 0 bridgehead atoms. The number of hydrogen-bond acceptors (Lipinski definition) is 4. The molecule has 0 aliphatic heterocycles. The van der Waals surface area contributed by atoms with Crippen LogP contribution in [0, 0.1) is 0 Å². The van der Waals surface area contributed by atoms with Crippen molar-refractivity contribution in [2.24, 2.45) is 0 Å². The first-order chi connectivity index (χ1) is 11.1. The van der Waals surface area contributed by atoms with E-state index in [1.165, 1.54) is 0 Å². The zero-order valence-corrected chi connectivity index (χ0v) is 13.7. The summed E-state index contributed by atoms with van der Waals surface area (Å²) >= 11 is 0. The summed E-state index contributed by atoms with van der Waals surface area (Å²) in [4.78, 5) is 16.1. The monoisotopic (exact) mass is 314 g/mol. The van der Waals surface area contributed by atoms with Crippen molar-refractivity contribution in [3.8, 4) is 11.5 Å². The molecule has 1 aromatic heterocycles. The third-order valence-electron chi connectivity index (χ3n) is 3.07. The predicted molar refractivity (Wildman–Crippen MR) is 88.8 cm³/mol. The maximum absolute atomic E-state index is 12.1. The van der Waals surface area contributed by atoms with Crippen LogP contribution in [0.5, 0.6) is 11.5 Å². The molecular weight excluding hydrogens is 292 g/mol. The van der Waals surface area contributed by atoms with Gasteiger partial charge >= 0.3 is 0 Å². The van der Waals surface area contributed by atoms with E-state index >= 15 is 0 Å². The van der Waals surface area contributed by atoms with E-state index in [4.69, 9.17) is 9.47 Å². The van der Waals surface area contributed by atoms with Gasteiger partial charge in [-0.3, -0.25) is 9.78 Å². The van der Waals surface area contributed by atoms with E-state index in [-0.39, 0.29) is 11.9 Å². The third-order valence-corrected chi connectivity index (χ3v) is 3.07. The van der Waals surface area contributed by atoms with Gasteiger partial charge < -0.3 is 14.8 Å². The van der Waals surface area contributed by atoms with Crippen molar-refractivity contribution in [1.29, 1.82) is 0 Å². The van der Waals surface area contributed by atoms with Gasteiger partial charge in [-0.2, -0.15) is 0 Å². The number of ether oxygens (including phenoxy) is 2. The van der Waals surface area contributed by atoms with E-state index in [2.05, 4.69) is 10.3 Å². The molecule has 2 rings (SSSR count). The minimum atomic E-state index is -0.123. The Morgan fingerprint density at radius 2 is 1.87 bits per heavy atom. The van der Waals surface area contributed by atoms with E-state index in [9.17, 15) is 4.79 Å². The summed E-state index contributed by atoms with van der Waals surface area (Å²) in [5.41, 5.74) is 1.57. The molecule has 1 aromatic carbocycles. The molecular formula is C18H22N2O3. The smallest absolute Gasteiger partial charge is 0.251 e. The number of pyridine rings is 1. The van der Waals surface area contributed by atoms with E-state index in [0.29, 0.717) is 30.3 Å². The fourth-order valence-corrected chi connectivity index (χ4v) is 2.02. The number of benzene rings is 1. The molecule has 0 aliphatic carbocycles. The van der Waals surface area contributed by atoms with E-state index < -0.39 is 0 Å². The first-order valence-corrected chi connectivity index (χ1v) is 7.69. The normalized spacial score (nSPS) is 10.4. The Kier molecular flexibility index (Phi) is 5.97. The fourth-order valence-electron chi connectivity index (χ4n) is 2.02. The van der Waals surface area contributed by atoms with Crippen LogP contribution in [0.2, 0.25) is 0 Å². The molecule has 0 unspecified atom stereocenters. The lowest BCUT2D eigenvalue weighted by molar-refractivity contribution is 0.0942. The number of nitrogens with zero attached hydrogens (tertiary/aromatic N) is 1. The van der Waals surface area contributed by atoms with Crippen molar-refractivity contribution >= 4 is 5.91 Å². The third kappa shape index (κ3) is 4.98. The van der Waals surface area contributed by atoms with Gasteiger partial charge in [0.1, 0.15) is 6.61 Å². The molecule has 0 aliphatic rings. The highest BCUT2D eigenvalue weighted by molar-refractivity contribution is 5.95. The van der Waals surface area contributed by atoms with Crippen LogP contribution in [0.3, 0.4) is 0 Å². The molecule has 5 heteroatoms. The zero-order valence-electron chi connectivity index (χ0n) is 13.7. The number of carbonyl (C=O) groups excluding carboxylic acids is 1. The minimum Gasteiger partial charge on any atom is -0.490 e. The number of rotatable bonds is 7. The summed E-state index contributed by atoms with van der Waals surface area (Å²) in [5.74, 6) is 1.06. The molecule has 23 heavy (non-hydrogen) atoms. The van der Waals surface area contributed by atoms with Gasteiger partial charge in [0.15, 0.2) is 11.5 Å². The number of aromatic nitrogens is 1. The summed E-state index contributed by atoms with van der Waals surface area (Å²) in [6.45, 7) is 6.66. The second kappa shape index (κ2) is 8.17. The van der Waals surface area contributed by atoms with Gasteiger partial charge in [0.2, 0.25) is 0 Å². The lowest BCUT2D eigenvalue weighted by Crippen LogP contribution is -2.30. The standard InChI is InChI=1S/C18H22N2O3/c1-4-22-17-11-15(18(21)20-13(2)3)5-6-16(17)23-12-14-7-9-19-10-8-14/h5-11,13H,4,12H2,1-3H3,(H,20,21). The SMILES string of the molecule is CCOc1cc(C(=O)NC(C)C)ccc1OCc1ccncc1. The molecule has 0 spiro atoms. The van der Waals surface area contributed by atoms with Crippen molar-refractivity contribution in [1.82, 2.24) is 10.3 Å². The Morgan fingerprint density at radius 3 is 2.52 bits per heavy atom. The Hall–Kier alpha value is -2.56. The number of amides is 1. The van der Waals surface area contributed by atoms with Crippen LogP contribution in [0.1, 0.15) is 36.7 Å². The maximum Gasteiger partial charge on any atom is 0.251 e. The lowest BCUT2D eigenvalue weighted by atomic mass is 10.1. The number of nitrogens with one attached hydrogen (secondary N) is 1. The van der Waals surface area contributed by atoms with Gasteiger partial charge in [0.25, 0.3) is 5.91 Å². The van der Waals surface area contributed by atoms with Crippen LogP contribution < -0.4 is 14.8 Å². The summed E-state index contributed by atoms with van der Waals surface area (Å²) in [6, 6.07) is 9.09. The van der Waals surface area contributed by atoms with Crippen LogP contribution in [0.15, 0.2) is 42.7 Å². The second-order valence-corrected chi connectivity index (χ2v) is 5.37. The molecule has 1 heterocycles. The van der Waals surface area contributed by atoms with Gasteiger partial charge in [0, 0.05) is 24.0 Å². The van der Waals surface area contributed by atoms with Crippen molar-refractivity contribution in [3.63, 3.8) is 0 Å². The Bertz CT molecular complexity index is 642. The highest BCUT2D eigenvalue weighted by Crippen LogP contribution is 2.29. The van der Waals surface area contributed by atoms with Crippen molar-refractivity contribution in [2.45, 2.75) is 33.4 Å². The van der Waals surface area contributed by atoms with Gasteiger partial charge in [-0.15, -0.1) is 0 Å². The van der Waals surface area contributed by atoms with Crippen LogP contribution in [0.25, 0.3) is 0 Å². The van der Waals surface area contributed by atoms with Gasteiger partial charge in [-0.1, -0.05) is 0 Å². The van der Waals surface area contributed by atoms with Gasteiger partial charge in [-0.25, -0.2) is 0 Å². The summed E-state index contributed by atoms with van der Waals surface area (Å²) in [7, 11) is 0. The number of carbonyl (C=O) groups is 1. The van der Waals surface area contributed by atoms with Crippen LogP contribution in [-0.4, -0.2) is 23.5 Å². The van der Waals surface area contributed by atoms with Crippen molar-refractivity contribution < 1.29 is 14.3 Å². The minimum absolute atomic E-state index is 0.0839. The quantitative estimate of drug-likeness (QED) is 0.852. The van der Waals surface area contributed by atoms with Crippen molar-refractivity contribution in [3.05, 3.63) is 53.9 Å². The lowest BCUT2D eigenvalue weighted by Gasteiger charge is -2.14. The summed E-state index contributed by atoms with van der Waals surface area (Å²) < 4.78 is 11.4. The average molecular weight is 314 g/mol. The Labute approximate surface area is 136 Å². The van der Waals surface area contributed by atoms with Gasteiger partial charge in [-0.05, 0) is 56.7 Å². The molecule has 1 N–H and O–H groups in total. The first-order valence-electron chi connectivity index (χ1n) is 7.69. The van der Waals surface area contributed by atoms with E-state index in [0.717, 1.165) is 5.56 Å². The van der Waals surface area contributed by atoms with E-state index in [1.54, 1.807) is 30.6 Å². The average Bonchev–Trinajstić information content (AvgIpc) is 2.54. The predicted octanol–water partition coefficient (Wildman–Crippen LogP) is 3.20. The Balaban J connectivity index is 2.14. The molecule has 1 amide bonds. The van der Waals surface area contributed by atoms with Crippen LogP contribution in [-0.2, 0) is 6.61 Å². The molecule has 0 saturated carbocycles. The van der Waals surface area contributed by atoms with Gasteiger partial charge in [0.05, 0.1) is 6.61 Å². The zero-order chi connectivity index (χ0) is 16.7. The molecule has 0 saturated heterocycles. The highest BCUT2D eigenvalue weighted by atomic mass is 16.5. The first kappa shape index (κ1) is 16.8. The van der Waals surface area contributed by atoms with E-state index in [1.807, 2.05) is 32.9 Å². The maximum atomic E-state index is 12.1. The summed E-state index contributed by atoms with van der Waals surface area (Å²) in [6.07, 6.45) is 3.45. The number of hydrogen-bond donors (Lipinski definition) is 1.